The highest BCUT2D eigenvalue weighted by molar-refractivity contribution is 7.11. The van der Waals surface area contributed by atoms with Crippen LogP contribution in [0.4, 0.5) is 0 Å². The lowest BCUT2D eigenvalue weighted by molar-refractivity contribution is 0.206. The van der Waals surface area contributed by atoms with Crippen molar-refractivity contribution in [2.75, 3.05) is 26.7 Å². The number of hydrogen-bond donors (Lipinski definition) is 1. The van der Waals surface area contributed by atoms with Crippen LogP contribution in [0, 0.1) is 12.8 Å². The fourth-order valence-corrected chi connectivity index (χ4v) is 3.06. The van der Waals surface area contributed by atoms with Crippen LogP contribution < -0.4 is 5.32 Å². The van der Waals surface area contributed by atoms with Crippen LogP contribution in [0.25, 0.3) is 0 Å². The summed E-state index contributed by atoms with van der Waals surface area (Å²) >= 11 is 1.79. The topological polar surface area (TPSA) is 28.2 Å². The van der Waals surface area contributed by atoms with Gasteiger partial charge in [-0.05, 0) is 45.8 Å². The molecule has 4 heteroatoms. The molecule has 90 valence electrons. The first-order valence-electron chi connectivity index (χ1n) is 6.04. The minimum atomic E-state index is 0.819. The molecule has 1 aromatic heterocycles. The Kier molecular flexibility index (Phi) is 4.32. The van der Waals surface area contributed by atoms with Crippen LogP contribution in [0.15, 0.2) is 6.20 Å². The Morgan fingerprint density at radius 1 is 1.62 bits per heavy atom. The van der Waals surface area contributed by atoms with E-state index >= 15 is 0 Å². The van der Waals surface area contributed by atoms with E-state index in [1.54, 1.807) is 11.3 Å². The van der Waals surface area contributed by atoms with Gasteiger partial charge in [-0.2, -0.15) is 0 Å². The average Bonchev–Trinajstić information content (AvgIpc) is 2.64. The van der Waals surface area contributed by atoms with Gasteiger partial charge in [-0.3, -0.25) is 0 Å². The van der Waals surface area contributed by atoms with Gasteiger partial charge in [0.25, 0.3) is 0 Å². The van der Waals surface area contributed by atoms with Crippen molar-refractivity contribution in [3.63, 3.8) is 0 Å². The standard InChI is InChI=1S/C12H21N3S/c1-10-6-14-12(16-10)8-13-7-11-4-3-5-15(2)9-11/h6,11,13H,3-5,7-9H2,1-2H3. The molecule has 1 aliphatic rings. The van der Waals surface area contributed by atoms with E-state index in [0.717, 1.165) is 19.0 Å². The number of likely N-dealkylation sites (tertiary alicyclic amines) is 1. The van der Waals surface area contributed by atoms with E-state index in [1.807, 2.05) is 6.20 Å². The first kappa shape index (κ1) is 12.0. The number of hydrogen-bond acceptors (Lipinski definition) is 4. The lowest BCUT2D eigenvalue weighted by atomic mass is 9.98. The summed E-state index contributed by atoms with van der Waals surface area (Å²) in [7, 11) is 2.22. The molecule has 1 aromatic rings. The Morgan fingerprint density at radius 2 is 2.50 bits per heavy atom. The summed E-state index contributed by atoms with van der Waals surface area (Å²) in [6.07, 6.45) is 4.67. The third-order valence-corrected chi connectivity index (χ3v) is 4.01. The summed E-state index contributed by atoms with van der Waals surface area (Å²) in [4.78, 5) is 8.09. The number of nitrogens with one attached hydrogen (secondary N) is 1. The van der Waals surface area contributed by atoms with E-state index in [4.69, 9.17) is 0 Å². The van der Waals surface area contributed by atoms with E-state index in [1.165, 1.54) is 35.8 Å². The maximum atomic E-state index is 4.36. The van der Waals surface area contributed by atoms with Crippen LogP contribution in [0.1, 0.15) is 22.7 Å². The van der Waals surface area contributed by atoms with Gasteiger partial charge in [-0.1, -0.05) is 0 Å². The van der Waals surface area contributed by atoms with Gasteiger partial charge in [0.15, 0.2) is 0 Å². The van der Waals surface area contributed by atoms with Crippen LogP contribution in [0.2, 0.25) is 0 Å². The number of piperidine rings is 1. The summed E-state index contributed by atoms with van der Waals surface area (Å²) in [5.41, 5.74) is 0. The van der Waals surface area contributed by atoms with Crippen molar-refractivity contribution in [3.05, 3.63) is 16.1 Å². The number of nitrogens with zero attached hydrogens (tertiary/aromatic N) is 2. The number of aryl methyl sites for hydroxylation is 1. The zero-order chi connectivity index (χ0) is 11.4. The highest BCUT2D eigenvalue weighted by atomic mass is 32.1. The Bertz CT molecular complexity index is 324. The zero-order valence-corrected chi connectivity index (χ0v) is 11.0. The normalized spacial score (nSPS) is 22.5. The second-order valence-electron chi connectivity index (χ2n) is 4.77. The maximum Gasteiger partial charge on any atom is 0.107 e. The molecule has 1 saturated heterocycles. The maximum absolute atomic E-state index is 4.36. The smallest absolute Gasteiger partial charge is 0.107 e. The van der Waals surface area contributed by atoms with Crippen molar-refractivity contribution in [3.8, 4) is 0 Å². The van der Waals surface area contributed by atoms with E-state index in [-0.39, 0.29) is 0 Å². The summed E-state index contributed by atoms with van der Waals surface area (Å²) in [5, 5.41) is 4.74. The Balaban J connectivity index is 1.67. The number of rotatable bonds is 4. The molecule has 1 atom stereocenters. The molecule has 2 heterocycles. The van der Waals surface area contributed by atoms with Crippen molar-refractivity contribution in [2.24, 2.45) is 5.92 Å². The number of thiazole rings is 1. The summed E-state index contributed by atoms with van der Waals surface area (Å²) < 4.78 is 0. The molecule has 1 aliphatic heterocycles. The molecule has 0 spiro atoms. The van der Waals surface area contributed by atoms with Gasteiger partial charge >= 0.3 is 0 Å². The van der Waals surface area contributed by atoms with Crippen molar-refractivity contribution >= 4 is 11.3 Å². The van der Waals surface area contributed by atoms with Crippen molar-refractivity contribution < 1.29 is 0 Å². The van der Waals surface area contributed by atoms with Crippen LogP contribution in [-0.2, 0) is 6.54 Å². The molecular weight excluding hydrogens is 218 g/mol. The quantitative estimate of drug-likeness (QED) is 0.869. The van der Waals surface area contributed by atoms with Gasteiger partial charge < -0.3 is 10.2 Å². The van der Waals surface area contributed by atoms with Crippen molar-refractivity contribution in [2.45, 2.75) is 26.3 Å². The summed E-state index contributed by atoms with van der Waals surface area (Å²) in [6, 6.07) is 0. The second-order valence-corrected chi connectivity index (χ2v) is 6.09. The molecule has 1 unspecified atom stereocenters. The average molecular weight is 239 g/mol. The van der Waals surface area contributed by atoms with E-state index in [2.05, 4.69) is 29.2 Å². The van der Waals surface area contributed by atoms with Gasteiger partial charge in [0, 0.05) is 24.2 Å². The fourth-order valence-electron chi connectivity index (χ4n) is 2.31. The summed E-state index contributed by atoms with van der Waals surface area (Å²) in [6.45, 7) is 6.67. The van der Waals surface area contributed by atoms with Gasteiger partial charge in [-0.15, -0.1) is 11.3 Å². The molecule has 0 aliphatic carbocycles. The van der Waals surface area contributed by atoms with Crippen LogP contribution in [-0.4, -0.2) is 36.6 Å². The molecule has 2 rings (SSSR count). The zero-order valence-electron chi connectivity index (χ0n) is 10.2. The Morgan fingerprint density at radius 3 is 3.19 bits per heavy atom. The van der Waals surface area contributed by atoms with Gasteiger partial charge in [0.2, 0.25) is 0 Å². The predicted molar refractivity (Wildman–Crippen MR) is 68.8 cm³/mol. The number of aromatic nitrogens is 1. The first-order chi connectivity index (χ1) is 7.74. The monoisotopic (exact) mass is 239 g/mol. The molecule has 1 N–H and O–H groups in total. The highest BCUT2D eigenvalue weighted by Crippen LogP contribution is 2.15. The van der Waals surface area contributed by atoms with E-state index in [0.29, 0.717) is 0 Å². The minimum Gasteiger partial charge on any atom is -0.310 e. The molecule has 0 amide bonds. The predicted octanol–water partition coefficient (Wildman–Crippen LogP) is 1.88. The van der Waals surface area contributed by atoms with Gasteiger partial charge in [-0.25, -0.2) is 4.98 Å². The summed E-state index contributed by atoms with van der Waals surface area (Å²) in [5.74, 6) is 0.819. The molecule has 16 heavy (non-hydrogen) atoms. The molecule has 3 nitrogen and oxygen atoms in total. The van der Waals surface area contributed by atoms with Gasteiger partial charge in [0.1, 0.15) is 5.01 Å². The fraction of sp³-hybridized carbons (Fsp3) is 0.750. The minimum absolute atomic E-state index is 0.819. The molecular formula is C12H21N3S. The Labute approximate surface area is 102 Å². The Hall–Kier alpha value is -0.450. The van der Waals surface area contributed by atoms with Crippen molar-refractivity contribution in [1.82, 2.24) is 15.2 Å². The third-order valence-electron chi connectivity index (χ3n) is 3.10. The molecule has 0 saturated carbocycles. The second kappa shape index (κ2) is 5.75. The lowest BCUT2D eigenvalue weighted by Crippen LogP contribution is -2.37. The molecule has 1 fully saturated rings. The molecule has 0 radical (unpaired) electrons. The third kappa shape index (κ3) is 3.54. The van der Waals surface area contributed by atoms with Crippen LogP contribution >= 0.6 is 11.3 Å². The molecule has 0 bridgehead atoms. The SMILES string of the molecule is Cc1cnc(CNCC2CCCN(C)C2)s1. The van der Waals surface area contributed by atoms with Crippen LogP contribution in [0.5, 0.6) is 0 Å². The van der Waals surface area contributed by atoms with Crippen LogP contribution in [0.3, 0.4) is 0 Å². The lowest BCUT2D eigenvalue weighted by Gasteiger charge is -2.29. The van der Waals surface area contributed by atoms with Crippen molar-refractivity contribution in [1.29, 1.82) is 0 Å². The van der Waals surface area contributed by atoms with E-state index in [9.17, 15) is 0 Å². The first-order valence-corrected chi connectivity index (χ1v) is 6.86. The highest BCUT2D eigenvalue weighted by Gasteiger charge is 2.16. The van der Waals surface area contributed by atoms with E-state index < -0.39 is 0 Å². The van der Waals surface area contributed by atoms with Gasteiger partial charge in [0.05, 0.1) is 0 Å². The largest absolute Gasteiger partial charge is 0.310 e. The molecule has 0 aromatic carbocycles.